The van der Waals surface area contributed by atoms with Crippen molar-refractivity contribution in [2.75, 3.05) is 0 Å². The average molecular weight is 307 g/mol. The van der Waals surface area contributed by atoms with E-state index < -0.39 is 0 Å². The SMILES string of the molecule is CC1C2CC(C)C2(C)C(C)(C(C)(C)C)C(C)(C(C)C)C1(C)C. The van der Waals surface area contributed by atoms with Crippen LogP contribution >= 0.6 is 0 Å². The molecule has 2 fully saturated rings. The van der Waals surface area contributed by atoms with Gasteiger partial charge in [-0.2, -0.15) is 0 Å². The monoisotopic (exact) mass is 306 g/mol. The van der Waals surface area contributed by atoms with Crippen LogP contribution in [-0.2, 0) is 0 Å². The van der Waals surface area contributed by atoms with Gasteiger partial charge in [-0.1, -0.05) is 83.1 Å². The van der Waals surface area contributed by atoms with Crippen molar-refractivity contribution in [1.29, 1.82) is 0 Å². The van der Waals surface area contributed by atoms with Crippen LogP contribution in [0.3, 0.4) is 0 Å². The number of fused-ring (bicyclic) bond motifs is 1. The molecule has 22 heavy (non-hydrogen) atoms. The molecular formula is C22H42. The second-order valence-electron chi connectivity index (χ2n) is 11.3. The highest BCUT2D eigenvalue weighted by Crippen LogP contribution is 2.82. The molecule has 0 N–H and O–H groups in total. The first-order valence-corrected chi connectivity index (χ1v) is 9.61. The van der Waals surface area contributed by atoms with E-state index in [1.165, 1.54) is 6.42 Å². The fraction of sp³-hybridized carbons (Fsp3) is 1.00. The molecule has 0 bridgehead atoms. The Bertz CT molecular complexity index is 451. The average Bonchev–Trinajstić information content (AvgIpc) is 2.37. The molecule has 6 atom stereocenters. The van der Waals surface area contributed by atoms with Crippen molar-refractivity contribution in [3.05, 3.63) is 0 Å². The van der Waals surface area contributed by atoms with Gasteiger partial charge in [0.15, 0.2) is 0 Å². The van der Waals surface area contributed by atoms with E-state index in [2.05, 4.69) is 83.1 Å². The van der Waals surface area contributed by atoms with E-state index in [-0.39, 0.29) is 0 Å². The van der Waals surface area contributed by atoms with E-state index in [9.17, 15) is 0 Å². The standard InChI is InChI=1S/C22H42/c1-14(2)21(11)19(8,9)16(4)17-13-15(3)20(17,10)22(21,12)18(5,6)7/h14-17H,13H2,1-12H3. The van der Waals surface area contributed by atoms with Crippen LogP contribution in [0.4, 0.5) is 0 Å². The van der Waals surface area contributed by atoms with E-state index in [4.69, 9.17) is 0 Å². The van der Waals surface area contributed by atoms with Gasteiger partial charge < -0.3 is 0 Å². The van der Waals surface area contributed by atoms with Crippen molar-refractivity contribution in [2.24, 2.45) is 50.7 Å². The number of rotatable bonds is 1. The summed E-state index contributed by atoms with van der Waals surface area (Å²) < 4.78 is 0. The molecule has 0 aromatic carbocycles. The summed E-state index contributed by atoms with van der Waals surface area (Å²) >= 11 is 0. The zero-order chi connectivity index (χ0) is 17.5. The molecule has 0 amide bonds. The van der Waals surface area contributed by atoms with Crippen molar-refractivity contribution in [3.63, 3.8) is 0 Å². The quantitative estimate of drug-likeness (QED) is 0.487. The van der Waals surface area contributed by atoms with Gasteiger partial charge in [0.1, 0.15) is 0 Å². The molecular weight excluding hydrogens is 264 g/mol. The van der Waals surface area contributed by atoms with Gasteiger partial charge >= 0.3 is 0 Å². The first-order valence-electron chi connectivity index (χ1n) is 9.61. The molecule has 2 saturated carbocycles. The highest BCUT2D eigenvalue weighted by atomic mass is 14.8. The van der Waals surface area contributed by atoms with Gasteiger partial charge in [-0.15, -0.1) is 0 Å². The minimum Gasteiger partial charge on any atom is -0.0622 e. The molecule has 0 heterocycles. The summed E-state index contributed by atoms with van der Waals surface area (Å²) in [6, 6.07) is 0. The Hall–Kier alpha value is 0. The molecule has 130 valence electrons. The minimum absolute atomic E-state index is 0.311. The Kier molecular flexibility index (Phi) is 3.79. The molecule has 6 unspecified atom stereocenters. The zero-order valence-electron chi connectivity index (χ0n) is 17.5. The van der Waals surface area contributed by atoms with Gasteiger partial charge in [0.05, 0.1) is 0 Å². The summed E-state index contributed by atoms with van der Waals surface area (Å²) in [6.45, 7) is 30.6. The third-order valence-electron chi connectivity index (χ3n) is 10.3. The lowest BCUT2D eigenvalue weighted by molar-refractivity contribution is -0.338. The zero-order valence-corrected chi connectivity index (χ0v) is 17.5. The lowest BCUT2D eigenvalue weighted by Crippen LogP contribution is -2.76. The molecule has 0 nitrogen and oxygen atoms in total. The van der Waals surface area contributed by atoms with E-state index >= 15 is 0 Å². The van der Waals surface area contributed by atoms with Crippen LogP contribution in [-0.4, -0.2) is 0 Å². The highest BCUT2D eigenvalue weighted by Gasteiger charge is 2.77. The Morgan fingerprint density at radius 1 is 0.909 bits per heavy atom. The van der Waals surface area contributed by atoms with Crippen LogP contribution in [0.25, 0.3) is 0 Å². The van der Waals surface area contributed by atoms with E-state index in [0.29, 0.717) is 33.0 Å². The van der Waals surface area contributed by atoms with Crippen molar-refractivity contribution in [1.82, 2.24) is 0 Å². The minimum atomic E-state index is 0.311. The predicted octanol–water partition coefficient (Wildman–Crippen LogP) is 7.04. The van der Waals surface area contributed by atoms with Crippen LogP contribution in [0.1, 0.15) is 89.5 Å². The fourth-order valence-corrected chi connectivity index (χ4v) is 7.75. The predicted molar refractivity (Wildman–Crippen MR) is 98.8 cm³/mol. The lowest BCUT2D eigenvalue weighted by atomic mass is 9.23. The van der Waals surface area contributed by atoms with Crippen molar-refractivity contribution in [3.8, 4) is 0 Å². The van der Waals surface area contributed by atoms with E-state index in [0.717, 1.165) is 17.8 Å². The summed E-state index contributed by atoms with van der Waals surface area (Å²) in [5.41, 5.74) is 1.80. The summed E-state index contributed by atoms with van der Waals surface area (Å²) in [5.74, 6) is 3.23. The number of hydrogen-bond donors (Lipinski definition) is 0. The second kappa shape index (κ2) is 4.54. The molecule has 0 aliphatic heterocycles. The Morgan fingerprint density at radius 3 is 1.68 bits per heavy atom. The topological polar surface area (TPSA) is 0 Å². The normalized spacial score (nSPS) is 51.4. The van der Waals surface area contributed by atoms with Gasteiger partial charge in [0, 0.05) is 0 Å². The number of hydrogen-bond acceptors (Lipinski definition) is 0. The highest BCUT2D eigenvalue weighted by molar-refractivity contribution is 5.24. The largest absolute Gasteiger partial charge is 0.0622 e. The summed E-state index contributed by atoms with van der Waals surface area (Å²) in [4.78, 5) is 0. The molecule has 0 heteroatoms. The third kappa shape index (κ3) is 1.56. The van der Waals surface area contributed by atoms with Crippen LogP contribution in [0.15, 0.2) is 0 Å². The second-order valence-corrected chi connectivity index (χ2v) is 11.3. The molecule has 2 rings (SSSR count). The summed E-state index contributed by atoms with van der Waals surface area (Å²) in [7, 11) is 0. The maximum absolute atomic E-state index is 2.66. The van der Waals surface area contributed by atoms with Crippen molar-refractivity contribution in [2.45, 2.75) is 89.5 Å². The lowest BCUT2D eigenvalue weighted by Gasteiger charge is -2.81. The van der Waals surface area contributed by atoms with Gasteiger partial charge in [-0.3, -0.25) is 0 Å². The van der Waals surface area contributed by atoms with Gasteiger partial charge in [-0.25, -0.2) is 0 Å². The summed E-state index contributed by atoms with van der Waals surface area (Å²) in [5, 5.41) is 0. The van der Waals surface area contributed by atoms with Crippen LogP contribution in [0, 0.1) is 50.7 Å². The molecule has 0 aromatic rings. The van der Waals surface area contributed by atoms with Gasteiger partial charge in [0.2, 0.25) is 0 Å². The Labute approximate surface area is 140 Å². The van der Waals surface area contributed by atoms with Crippen molar-refractivity contribution < 1.29 is 0 Å². The van der Waals surface area contributed by atoms with E-state index in [1.54, 1.807) is 0 Å². The molecule has 0 spiro atoms. The molecule has 0 radical (unpaired) electrons. The molecule has 0 saturated heterocycles. The maximum Gasteiger partial charge on any atom is -0.0157 e. The van der Waals surface area contributed by atoms with Gasteiger partial charge in [0.25, 0.3) is 0 Å². The third-order valence-corrected chi connectivity index (χ3v) is 10.3. The fourth-order valence-electron chi connectivity index (χ4n) is 7.75. The molecule has 0 aromatic heterocycles. The molecule has 2 aliphatic carbocycles. The van der Waals surface area contributed by atoms with E-state index in [1.807, 2.05) is 0 Å². The van der Waals surface area contributed by atoms with Crippen molar-refractivity contribution >= 4 is 0 Å². The Morgan fingerprint density at radius 2 is 1.36 bits per heavy atom. The van der Waals surface area contributed by atoms with Crippen LogP contribution in [0.5, 0.6) is 0 Å². The van der Waals surface area contributed by atoms with Crippen LogP contribution < -0.4 is 0 Å². The first-order chi connectivity index (χ1) is 9.61. The maximum atomic E-state index is 2.66. The smallest absolute Gasteiger partial charge is 0.0157 e. The first kappa shape index (κ1) is 18.3. The summed E-state index contributed by atoms with van der Waals surface area (Å²) in [6.07, 6.45) is 1.43. The van der Waals surface area contributed by atoms with Crippen LogP contribution in [0.2, 0.25) is 0 Å². The Balaban J connectivity index is 2.83. The van der Waals surface area contributed by atoms with Gasteiger partial charge in [-0.05, 0) is 57.2 Å². The molecule has 2 aliphatic rings.